The van der Waals surface area contributed by atoms with Crippen LogP contribution in [0, 0.1) is 11.8 Å². The van der Waals surface area contributed by atoms with Crippen molar-refractivity contribution < 1.29 is 19.8 Å². The van der Waals surface area contributed by atoms with Crippen molar-refractivity contribution in [2.75, 3.05) is 13.1 Å². The number of carboxylic acids is 2. The highest BCUT2D eigenvalue weighted by Crippen LogP contribution is 2.38. The average molecular weight is 328 g/mol. The molecule has 1 aliphatic carbocycles. The number of carbonyl (C=O) groups is 2. The first kappa shape index (κ1) is 17.6. The van der Waals surface area contributed by atoms with Crippen molar-refractivity contribution in [3.8, 4) is 0 Å². The third kappa shape index (κ3) is 4.89. The van der Waals surface area contributed by atoms with Crippen molar-refractivity contribution >= 4 is 23.6 Å². The molecule has 1 aromatic heterocycles. The van der Waals surface area contributed by atoms with E-state index in [4.69, 9.17) is 10.2 Å². The summed E-state index contributed by atoms with van der Waals surface area (Å²) in [4.78, 5) is 23.4. The molecular formula is C18H20N2O4. The lowest BCUT2D eigenvalue weighted by molar-refractivity contribution is -0.134. The van der Waals surface area contributed by atoms with E-state index in [1.165, 1.54) is 24.1 Å². The number of pyridine rings is 1. The van der Waals surface area contributed by atoms with Crippen LogP contribution >= 0.6 is 0 Å². The Kier molecular flexibility index (Phi) is 6.03. The van der Waals surface area contributed by atoms with Crippen LogP contribution in [0.3, 0.4) is 0 Å². The average Bonchev–Trinajstić information content (AvgIpc) is 3.15. The standard InChI is InChI=1S/C14H16N2.C4H4O4/c1-2-10-3-12(7-15-6-10)11-4-13-8-16-9-14(13)5-11;5-3(6)1-2-4(7)8/h2-4,6-7,13-14,16H,1,5,8-9H2;1-2H,(H,5,6)(H,7,8). The zero-order valence-corrected chi connectivity index (χ0v) is 13.2. The van der Waals surface area contributed by atoms with E-state index in [0.717, 1.165) is 23.9 Å². The number of hydrogen-bond acceptors (Lipinski definition) is 4. The lowest BCUT2D eigenvalue weighted by atomic mass is 9.98. The van der Waals surface area contributed by atoms with Crippen LogP contribution in [0.2, 0.25) is 0 Å². The lowest BCUT2D eigenvalue weighted by Crippen LogP contribution is -2.09. The van der Waals surface area contributed by atoms with Crippen LogP contribution in [0.15, 0.2) is 43.3 Å². The lowest BCUT2D eigenvalue weighted by Gasteiger charge is -2.06. The maximum atomic E-state index is 9.55. The third-order valence-electron chi connectivity index (χ3n) is 4.02. The Morgan fingerprint density at radius 1 is 1.21 bits per heavy atom. The molecule has 126 valence electrons. The van der Waals surface area contributed by atoms with Gasteiger partial charge in [0.25, 0.3) is 0 Å². The highest BCUT2D eigenvalue weighted by atomic mass is 16.4. The van der Waals surface area contributed by atoms with Gasteiger partial charge >= 0.3 is 11.9 Å². The Morgan fingerprint density at radius 2 is 1.92 bits per heavy atom. The summed E-state index contributed by atoms with van der Waals surface area (Å²) in [5.41, 5.74) is 3.84. The Labute approximate surface area is 140 Å². The maximum absolute atomic E-state index is 9.55. The summed E-state index contributed by atoms with van der Waals surface area (Å²) >= 11 is 0. The summed E-state index contributed by atoms with van der Waals surface area (Å²) in [5, 5.41) is 19.1. The van der Waals surface area contributed by atoms with Gasteiger partial charge in [0.15, 0.2) is 0 Å². The molecule has 2 heterocycles. The second-order valence-electron chi connectivity index (χ2n) is 5.70. The van der Waals surface area contributed by atoms with Gasteiger partial charge in [-0.1, -0.05) is 18.7 Å². The molecule has 0 radical (unpaired) electrons. The molecule has 1 aromatic rings. The number of allylic oxidation sites excluding steroid dienone is 1. The molecule has 0 saturated carbocycles. The van der Waals surface area contributed by atoms with Gasteiger partial charge in [-0.05, 0) is 47.6 Å². The number of aromatic nitrogens is 1. The first-order chi connectivity index (χ1) is 11.5. The molecule has 2 unspecified atom stereocenters. The minimum Gasteiger partial charge on any atom is -0.478 e. The summed E-state index contributed by atoms with van der Waals surface area (Å²) in [6.45, 7) is 6.09. The minimum absolute atomic E-state index is 0.558. The van der Waals surface area contributed by atoms with E-state index in [-0.39, 0.29) is 0 Å². The fraction of sp³-hybridized carbons (Fsp3) is 0.278. The van der Waals surface area contributed by atoms with Gasteiger partial charge in [0.2, 0.25) is 0 Å². The van der Waals surface area contributed by atoms with Crippen LogP contribution in [-0.4, -0.2) is 40.2 Å². The molecule has 0 amide bonds. The van der Waals surface area contributed by atoms with E-state index >= 15 is 0 Å². The van der Waals surface area contributed by atoms with Crippen molar-refractivity contribution in [2.24, 2.45) is 11.8 Å². The normalized spacial score (nSPS) is 21.6. The van der Waals surface area contributed by atoms with Crippen LogP contribution < -0.4 is 5.32 Å². The summed E-state index contributed by atoms with van der Waals surface area (Å²) in [6, 6.07) is 2.18. The SMILES string of the molecule is C=Cc1cncc(C2=CC3CNCC3C2)c1.O=C(O)C=CC(=O)O. The zero-order valence-electron chi connectivity index (χ0n) is 13.2. The molecule has 3 rings (SSSR count). The number of rotatable bonds is 4. The van der Waals surface area contributed by atoms with Crippen LogP contribution in [0.4, 0.5) is 0 Å². The quantitative estimate of drug-likeness (QED) is 0.732. The Balaban J connectivity index is 0.000000224. The molecule has 1 saturated heterocycles. The number of fused-ring (bicyclic) bond motifs is 1. The number of nitrogens with one attached hydrogen (secondary N) is 1. The van der Waals surface area contributed by atoms with Gasteiger partial charge in [0.1, 0.15) is 0 Å². The van der Waals surface area contributed by atoms with E-state index in [9.17, 15) is 9.59 Å². The molecule has 24 heavy (non-hydrogen) atoms. The zero-order chi connectivity index (χ0) is 17.5. The number of aliphatic carboxylic acids is 2. The summed E-state index contributed by atoms with van der Waals surface area (Å²) in [5.74, 6) is -0.968. The van der Waals surface area contributed by atoms with Gasteiger partial charge < -0.3 is 15.5 Å². The highest BCUT2D eigenvalue weighted by molar-refractivity contribution is 5.89. The molecule has 2 atom stereocenters. The Hall–Kier alpha value is -2.73. The fourth-order valence-electron chi connectivity index (χ4n) is 2.88. The van der Waals surface area contributed by atoms with Crippen molar-refractivity contribution in [1.29, 1.82) is 0 Å². The van der Waals surface area contributed by atoms with Gasteiger partial charge in [-0.25, -0.2) is 9.59 Å². The number of carboxylic acid groups (broad SMARTS) is 2. The maximum Gasteiger partial charge on any atom is 0.328 e. The van der Waals surface area contributed by atoms with Crippen LogP contribution in [-0.2, 0) is 9.59 Å². The fourth-order valence-corrected chi connectivity index (χ4v) is 2.88. The second kappa shape index (κ2) is 8.21. The monoisotopic (exact) mass is 328 g/mol. The first-order valence-electron chi connectivity index (χ1n) is 7.62. The summed E-state index contributed by atoms with van der Waals surface area (Å²) in [6.07, 6.45) is 10.4. The molecule has 3 N–H and O–H groups in total. The largest absolute Gasteiger partial charge is 0.478 e. The molecule has 1 aliphatic heterocycles. The molecule has 2 aliphatic rings. The van der Waals surface area contributed by atoms with Crippen molar-refractivity contribution in [3.63, 3.8) is 0 Å². The molecule has 6 heteroatoms. The van der Waals surface area contributed by atoms with Crippen molar-refractivity contribution in [3.05, 3.63) is 54.4 Å². The van der Waals surface area contributed by atoms with Gasteiger partial charge in [-0.2, -0.15) is 0 Å². The van der Waals surface area contributed by atoms with Crippen molar-refractivity contribution in [1.82, 2.24) is 10.3 Å². The smallest absolute Gasteiger partial charge is 0.328 e. The Morgan fingerprint density at radius 3 is 2.50 bits per heavy atom. The van der Waals surface area contributed by atoms with Crippen LogP contribution in [0.1, 0.15) is 17.5 Å². The van der Waals surface area contributed by atoms with E-state index in [1.807, 2.05) is 18.5 Å². The Bertz CT molecular complexity index is 678. The molecule has 0 bridgehead atoms. The van der Waals surface area contributed by atoms with E-state index in [2.05, 4.69) is 29.0 Å². The van der Waals surface area contributed by atoms with E-state index in [0.29, 0.717) is 12.2 Å². The van der Waals surface area contributed by atoms with Crippen LogP contribution in [0.5, 0.6) is 0 Å². The molecule has 6 nitrogen and oxygen atoms in total. The van der Waals surface area contributed by atoms with Gasteiger partial charge in [-0.15, -0.1) is 0 Å². The second-order valence-corrected chi connectivity index (χ2v) is 5.70. The summed E-state index contributed by atoms with van der Waals surface area (Å²) in [7, 11) is 0. The van der Waals surface area contributed by atoms with E-state index < -0.39 is 11.9 Å². The molecule has 0 aromatic carbocycles. The topological polar surface area (TPSA) is 99.5 Å². The van der Waals surface area contributed by atoms with E-state index in [1.54, 1.807) is 0 Å². The predicted molar refractivity (Wildman–Crippen MR) is 91.2 cm³/mol. The highest BCUT2D eigenvalue weighted by Gasteiger charge is 2.31. The molecular weight excluding hydrogens is 308 g/mol. The first-order valence-corrected chi connectivity index (χ1v) is 7.62. The predicted octanol–water partition coefficient (Wildman–Crippen LogP) is 2.06. The number of hydrogen-bond donors (Lipinski definition) is 3. The van der Waals surface area contributed by atoms with Gasteiger partial charge in [0.05, 0.1) is 0 Å². The minimum atomic E-state index is -1.26. The van der Waals surface area contributed by atoms with Gasteiger partial charge in [-0.3, -0.25) is 4.98 Å². The van der Waals surface area contributed by atoms with Crippen molar-refractivity contribution in [2.45, 2.75) is 6.42 Å². The van der Waals surface area contributed by atoms with Crippen LogP contribution in [0.25, 0.3) is 11.6 Å². The van der Waals surface area contributed by atoms with Gasteiger partial charge in [0, 0.05) is 31.1 Å². The molecule has 1 fully saturated rings. The number of nitrogens with zero attached hydrogens (tertiary/aromatic N) is 1. The molecule has 0 spiro atoms. The summed E-state index contributed by atoms with van der Waals surface area (Å²) < 4.78 is 0. The third-order valence-corrected chi connectivity index (χ3v) is 4.02.